The molecule has 0 aliphatic heterocycles. The smallest absolute Gasteiger partial charge is 0.00719 e. The second-order valence-electron chi connectivity index (χ2n) is 4.25. The molecule has 0 saturated carbocycles. The van der Waals surface area contributed by atoms with Crippen LogP contribution in [-0.2, 0) is 0 Å². The Morgan fingerprint density at radius 1 is 0.941 bits per heavy atom. The minimum Gasteiger partial charge on any atom is -0.304 e. The van der Waals surface area contributed by atoms with E-state index >= 15 is 0 Å². The van der Waals surface area contributed by atoms with E-state index in [-0.39, 0.29) is 0 Å². The molecule has 0 fully saturated rings. The summed E-state index contributed by atoms with van der Waals surface area (Å²) in [6.45, 7) is 8.14. The van der Waals surface area contributed by atoms with Crippen molar-refractivity contribution in [2.75, 3.05) is 25.4 Å². The van der Waals surface area contributed by atoms with E-state index in [0.29, 0.717) is 0 Å². The SMILES string of the molecule is CCN(CC)CCCCCSc1ccccc1. The first-order valence-corrected chi connectivity index (χ1v) is 7.75. The molecule has 0 amide bonds. The zero-order valence-corrected chi connectivity index (χ0v) is 12.0. The van der Waals surface area contributed by atoms with Gasteiger partial charge in [-0.3, -0.25) is 0 Å². The van der Waals surface area contributed by atoms with Crippen LogP contribution in [0.1, 0.15) is 33.1 Å². The fourth-order valence-corrected chi connectivity index (χ4v) is 2.79. The Morgan fingerprint density at radius 3 is 2.29 bits per heavy atom. The summed E-state index contributed by atoms with van der Waals surface area (Å²) in [7, 11) is 0. The maximum Gasteiger partial charge on any atom is 0.00719 e. The van der Waals surface area contributed by atoms with E-state index < -0.39 is 0 Å². The summed E-state index contributed by atoms with van der Waals surface area (Å²) < 4.78 is 0. The monoisotopic (exact) mass is 251 g/mol. The zero-order valence-electron chi connectivity index (χ0n) is 11.2. The number of unbranched alkanes of at least 4 members (excludes halogenated alkanes) is 2. The Bertz CT molecular complexity index is 270. The first kappa shape index (κ1) is 14.6. The van der Waals surface area contributed by atoms with Gasteiger partial charge < -0.3 is 4.90 Å². The number of nitrogens with zero attached hydrogens (tertiary/aromatic N) is 1. The highest BCUT2D eigenvalue weighted by Crippen LogP contribution is 2.18. The van der Waals surface area contributed by atoms with E-state index in [4.69, 9.17) is 0 Å². The lowest BCUT2D eigenvalue weighted by atomic mass is 10.2. The number of benzene rings is 1. The van der Waals surface area contributed by atoms with Crippen molar-refractivity contribution in [1.29, 1.82) is 0 Å². The van der Waals surface area contributed by atoms with E-state index in [1.54, 1.807) is 0 Å². The molecule has 0 spiro atoms. The lowest BCUT2D eigenvalue weighted by Gasteiger charge is -2.17. The summed E-state index contributed by atoms with van der Waals surface area (Å²) in [6, 6.07) is 10.7. The molecule has 1 aromatic rings. The topological polar surface area (TPSA) is 3.24 Å². The molecule has 0 bridgehead atoms. The Hall–Kier alpha value is -0.470. The van der Waals surface area contributed by atoms with E-state index in [9.17, 15) is 0 Å². The Morgan fingerprint density at radius 2 is 1.65 bits per heavy atom. The molecule has 0 heterocycles. The van der Waals surface area contributed by atoms with Crippen LogP contribution in [-0.4, -0.2) is 30.3 Å². The molecule has 0 atom stereocenters. The summed E-state index contributed by atoms with van der Waals surface area (Å²) in [5.41, 5.74) is 0. The van der Waals surface area contributed by atoms with Crippen molar-refractivity contribution in [1.82, 2.24) is 4.90 Å². The molecule has 0 N–H and O–H groups in total. The second-order valence-corrected chi connectivity index (χ2v) is 5.42. The van der Waals surface area contributed by atoms with Crippen LogP contribution in [0.2, 0.25) is 0 Å². The van der Waals surface area contributed by atoms with Gasteiger partial charge in [0.25, 0.3) is 0 Å². The van der Waals surface area contributed by atoms with Crippen LogP contribution in [0.3, 0.4) is 0 Å². The van der Waals surface area contributed by atoms with E-state index in [2.05, 4.69) is 49.1 Å². The summed E-state index contributed by atoms with van der Waals surface area (Å²) in [6.07, 6.45) is 4.04. The maximum absolute atomic E-state index is 2.50. The molecule has 0 aromatic heterocycles. The van der Waals surface area contributed by atoms with Crippen molar-refractivity contribution >= 4 is 11.8 Å². The Balaban J connectivity index is 1.98. The van der Waals surface area contributed by atoms with Gasteiger partial charge in [-0.05, 0) is 50.4 Å². The highest BCUT2D eigenvalue weighted by molar-refractivity contribution is 7.99. The van der Waals surface area contributed by atoms with Crippen LogP contribution in [0.4, 0.5) is 0 Å². The van der Waals surface area contributed by atoms with Crippen LogP contribution in [0, 0.1) is 0 Å². The zero-order chi connectivity index (χ0) is 12.3. The van der Waals surface area contributed by atoms with Gasteiger partial charge >= 0.3 is 0 Å². The number of rotatable bonds is 9. The molecule has 17 heavy (non-hydrogen) atoms. The van der Waals surface area contributed by atoms with Crippen LogP contribution < -0.4 is 0 Å². The number of hydrogen-bond donors (Lipinski definition) is 0. The third-order valence-electron chi connectivity index (χ3n) is 3.03. The molecule has 1 nitrogen and oxygen atoms in total. The van der Waals surface area contributed by atoms with Crippen LogP contribution in [0.5, 0.6) is 0 Å². The summed E-state index contributed by atoms with van der Waals surface area (Å²) in [5, 5.41) is 0. The van der Waals surface area contributed by atoms with Gasteiger partial charge in [0.15, 0.2) is 0 Å². The Kier molecular flexibility index (Phi) is 8.20. The van der Waals surface area contributed by atoms with Crippen molar-refractivity contribution in [3.8, 4) is 0 Å². The van der Waals surface area contributed by atoms with Crippen LogP contribution >= 0.6 is 11.8 Å². The van der Waals surface area contributed by atoms with Gasteiger partial charge in [-0.15, -0.1) is 11.8 Å². The molecule has 0 aliphatic carbocycles. The highest BCUT2D eigenvalue weighted by atomic mass is 32.2. The average Bonchev–Trinajstić information content (AvgIpc) is 2.39. The summed E-state index contributed by atoms with van der Waals surface area (Å²) in [4.78, 5) is 3.90. The van der Waals surface area contributed by atoms with Gasteiger partial charge in [0.2, 0.25) is 0 Å². The van der Waals surface area contributed by atoms with Crippen molar-refractivity contribution in [3.63, 3.8) is 0 Å². The maximum atomic E-state index is 2.50. The quantitative estimate of drug-likeness (QED) is 0.476. The standard InChI is InChI=1S/C15H25NS/c1-3-16(4-2)13-9-6-10-14-17-15-11-7-5-8-12-15/h5,7-8,11-12H,3-4,6,9-10,13-14H2,1-2H3. The molecule has 1 rings (SSSR count). The number of thioether (sulfide) groups is 1. The summed E-state index contributed by atoms with van der Waals surface area (Å²) in [5.74, 6) is 1.25. The van der Waals surface area contributed by atoms with Crippen molar-refractivity contribution in [2.45, 2.75) is 38.0 Å². The van der Waals surface area contributed by atoms with Crippen molar-refractivity contribution < 1.29 is 0 Å². The van der Waals surface area contributed by atoms with Crippen molar-refractivity contribution in [3.05, 3.63) is 30.3 Å². The summed E-state index contributed by atoms with van der Waals surface area (Å²) >= 11 is 1.98. The lowest BCUT2D eigenvalue weighted by Crippen LogP contribution is -2.23. The second kappa shape index (κ2) is 9.55. The lowest BCUT2D eigenvalue weighted by molar-refractivity contribution is 0.296. The molecular formula is C15H25NS. The molecule has 2 heteroatoms. The number of hydrogen-bond acceptors (Lipinski definition) is 2. The molecule has 96 valence electrons. The van der Waals surface area contributed by atoms with Gasteiger partial charge in [-0.1, -0.05) is 38.5 Å². The van der Waals surface area contributed by atoms with Gasteiger partial charge in [-0.25, -0.2) is 0 Å². The third kappa shape index (κ3) is 6.75. The molecular weight excluding hydrogens is 226 g/mol. The first-order valence-electron chi connectivity index (χ1n) is 6.77. The molecule has 0 saturated heterocycles. The average molecular weight is 251 g/mol. The van der Waals surface area contributed by atoms with E-state index in [1.165, 1.54) is 49.5 Å². The predicted molar refractivity (Wildman–Crippen MR) is 78.8 cm³/mol. The molecule has 0 unspecified atom stereocenters. The van der Waals surface area contributed by atoms with Crippen LogP contribution in [0.15, 0.2) is 35.2 Å². The van der Waals surface area contributed by atoms with Gasteiger partial charge in [0, 0.05) is 4.90 Å². The molecule has 0 radical (unpaired) electrons. The largest absolute Gasteiger partial charge is 0.304 e. The Labute approximate surface area is 111 Å². The highest BCUT2D eigenvalue weighted by Gasteiger charge is 1.98. The van der Waals surface area contributed by atoms with Gasteiger partial charge in [-0.2, -0.15) is 0 Å². The van der Waals surface area contributed by atoms with Gasteiger partial charge in [0.05, 0.1) is 0 Å². The third-order valence-corrected chi connectivity index (χ3v) is 4.12. The normalized spacial score (nSPS) is 11.0. The fourth-order valence-electron chi connectivity index (χ4n) is 1.86. The fraction of sp³-hybridized carbons (Fsp3) is 0.600. The minimum atomic E-state index is 1.19. The predicted octanol–water partition coefficient (Wildman–Crippen LogP) is 4.29. The van der Waals surface area contributed by atoms with E-state index in [0.717, 1.165) is 0 Å². The molecule has 0 aliphatic rings. The van der Waals surface area contributed by atoms with E-state index in [1.807, 2.05) is 11.8 Å². The minimum absolute atomic E-state index is 1.19. The van der Waals surface area contributed by atoms with Gasteiger partial charge in [0.1, 0.15) is 0 Å². The first-order chi connectivity index (χ1) is 8.36. The molecule has 1 aromatic carbocycles. The van der Waals surface area contributed by atoms with Crippen molar-refractivity contribution in [2.24, 2.45) is 0 Å². The van der Waals surface area contributed by atoms with Crippen LogP contribution in [0.25, 0.3) is 0 Å².